The number of carbonyl (C=O) groups excluding carboxylic acids is 1. The largest absolute Gasteiger partial charge is 0.349 e. The molecule has 0 aliphatic heterocycles. The fraction of sp³-hybridized carbons (Fsp3) is 0.316. The van der Waals surface area contributed by atoms with E-state index in [4.69, 9.17) is 0 Å². The summed E-state index contributed by atoms with van der Waals surface area (Å²) in [5.41, 5.74) is 1.02. The summed E-state index contributed by atoms with van der Waals surface area (Å²) in [6.07, 6.45) is 0. The summed E-state index contributed by atoms with van der Waals surface area (Å²) < 4.78 is 26.6. The number of nitrogens with zero attached hydrogens (tertiary/aromatic N) is 1. The van der Waals surface area contributed by atoms with E-state index in [9.17, 15) is 13.2 Å². The molecule has 5 nitrogen and oxygen atoms in total. The third kappa shape index (κ3) is 4.39. The molecule has 1 unspecified atom stereocenters. The summed E-state index contributed by atoms with van der Waals surface area (Å²) in [5.74, 6) is 0.115. The van der Waals surface area contributed by atoms with Crippen molar-refractivity contribution in [2.45, 2.75) is 31.7 Å². The van der Waals surface area contributed by atoms with Gasteiger partial charge in [-0.05, 0) is 49.2 Å². The van der Waals surface area contributed by atoms with Crippen molar-refractivity contribution in [3.63, 3.8) is 0 Å². The normalized spacial score (nSPS) is 12.7. The van der Waals surface area contributed by atoms with Crippen LogP contribution in [0.4, 0.5) is 5.69 Å². The number of amides is 1. The molecule has 0 aromatic heterocycles. The predicted octanol–water partition coefficient (Wildman–Crippen LogP) is 3.29. The summed E-state index contributed by atoms with van der Waals surface area (Å²) >= 11 is 0. The number of hydrogen-bond donors (Lipinski definition) is 1. The first-order valence-corrected chi connectivity index (χ1v) is 9.62. The fourth-order valence-corrected chi connectivity index (χ4v) is 3.37. The van der Waals surface area contributed by atoms with Gasteiger partial charge in [0.15, 0.2) is 0 Å². The lowest BCUT2D eigenvalue weighted by Crippen LogP contribution is -2.36. The lowest BCUT2D eigenvalue weighted by atomic mass is 10.1. The van der Waals surface area contributed by atoms with Gasteiger partial charge >= 0.3 is 0 Å². The van der Waals surface area contributed by atoms with Crippen LogP contribution >= 0.6 is 0 Å². The second-order valence-corrected chi connectivity index (χ2v) is 8.31. The zero-order chi connectivity index (χ0) is 18.6. The molecule has 0 radical (unpaired) electrons. The van der Waals surface area contributed by atoms with E-state index in [-0.39, 0.29) is 16.8 Å². The number of carbonyl (C=O) groups is 1. The zero-order valence-electron chi connectivity index (χ0n) is 14.9. The highest BCUT2D eigenvalue weighted by molar-refractivity contribution is 7.92. The summed E-state index contributed by atoms with van der Waals surface area (Å²) in [7, 11) is -2.16. The average molecular weight is 360 g/mol. The van der Waals surface area contributed by atoms with Crippen LogP contribution in [0.2, 0.25) is 0 Å². The van der Waals surface area contributed by atoms with Gasteiger partial charge in [0.05, 0.1) is 10.6 Å². The Morgan fingerprint density at radius 3 is 2.04 bits per heavy atom. The van der Waals surface area contributed by atoms with Gasteiger partial charge in [-0.3, -0.25) is 9.10 Å². The van der Waals surface area contributed by atoms with E-state index < -0.39 is 10.0 Å². The molecule has 0 bridgehead atoms. The van der Waals surface area contributed by atoms with Crippen LogP contribution in [-0.4, -0.2) is 27.4 Å². The second kappa shape index (κ2) is 7.70. The van der Waals surface area contributed by atoms with Gasteiger partial charge in [-0.1, -0.05) is 32.0 Å². The molecule has 0 fully saturated rings. The molecule has 1 N–H and O–H groups in total. The van der Waals surface area contributed by atoms with Crippen molar-refractivity contribution in [1.29, 1.82) is 0 Å². The highest BCUT2D eigenvalue weighted by Crippen LogP contribution is 2.21. The van der Waals surface area contributed by atoms with Crippen LogP contribution in [0.3, 0.4) is 0 Å². The SMILES string of the molecule is CC(C)C(C)NC(=O)c1ccc(S(=O)(=O)N(C)c2ccccc2)cc1. The zero-order valence-corrected chi connectivity index (χ0v) is 15.7. The maximum Gasteiger partial charge on any atom is 0.264 e. The quantitative estimate of drug-likeness (QED) is 0.860. The lowest BCUT2D eigenvalue weighted by Gasteiger charge is -2.20. The van der Waals surface area contributed by atoms with Crippen LogP contribution in [0.25, 0.3) is 0 Å². The Morgan fingerprint density at radius 2 is 1.52 bits per heavy atom. The summed E-state index contributed by atoms with van der Waals surface area (Å²) in [6, 6.07) is 14.9. The number of benzene rings is 2. The lowest BCUT2D eigenvalue weighted by molar-refractivity contribution is 0.0930. The molecule has 0 saturated carbocycles. The average Bonchev–Trinajstić information content (AvgIpc) is 2.61. The van der Waals surface area contributed by atoms with Crippen molar-refractivity contribution in [2.75, 3.05) is 11.4 Å². The van der Waals surface area contributed by atoms with E-state index in [1.54, 1.807) is 24.3 Å². The molecule has 0 spiro atoms. The molecule has 25 heavy (non-hydrogen) atoms. The van der Waals surface area contributed by atoms with E-state index >= 15 is 0 Å². The van der Waals surface area contributed by atoms with E-state index in [1.807, 2.05) is 26.8 Å². The summed E-state index contributed by atoms with van der Waals surface area (Å²) in [4.78, 5) is 12.4. The third-order valence-corrected chi connectivity index (χ3v) is 6.05. The molecule has 0 aliphatic carbocycles. The van der Waals surface area contributed by atoms with Crippen LogP contribution in [0.5, 0.6) is 0 Å². The molecule has 2 aromatic carbocycles. The topological polar surface area (TPSA) is 66.5 Å². The monoisotopic (exact) mass is 360 g/mol. The number of anilines is 1. The Kier molecular flexibility index (Phi) is 5.85. The molecule has 1 atom stereocenters. The van der Waals surface area contributed by atoms with Crippen LogP contribution < -0.4 is 9.62 Å². The predicted molar refractivity (Wildman–Crippen MR) is 100 cm³/mol. The molecular weight excluding hydrogens is 336 g/mol. The van der Waals surface area contributed by atoms with Crippen molar-refractivity contribution in [3.8, 4) is 0 Å². The Labute approximate surface area is 149 Å². The van der Waals surface area contributed by atoms with Gasteiger partial charge in [0.2, 0.25) is 0 Å². The van der Waals surface area contributed by atoms with Crippen LogP contribution in [0.15, 0.2) is 59.5 Å². The van der Waals surface area contributed by atoms with E-state index in [0.29, 0.717) is 17.2 Å². The summed E-state index contributed by atoms with van der Waals surface area (Å²) in [6.45, 7) is 6.00. The van der Waals surface area contributed by atoms with Gasteiger partial charge in [0.25, 0.3) is 15.9 Å². The molecule has 6 heteroatoms. The fourth-order valence-electron chi connectivity index (χ4n) is 2.17. The first kappa shape index (κ1) is 19.0. The van der Waals surface area contributed by atoms with Gasteiger partial charge in [0, 0.05) is 18.7 Å². The molecular formula is C19H24N2O3S. The van der Waals surface area contributed by atoms with Crippen LogP contribution in [-0.2, 0) is 10.0 Å². The van der Waals surface area contributed by atoms with Crippen molar-refractivity contribution in [1.82, 2.24) is 5.32 Å². The standard InChI is InChI=1S/C19H24N2O3S/c1-14(2)15(3)20-19(22)16-10-12-18(13-11-16)25(23,24)21(4)17-8-6-5-7-9-17/h5-15H,1-4H3,(H,20,22). The maximum absolute atomic E-state index is 12.7. The van der Waals surface area contributed by atoms with Crippen molar-refractivity contribution in [2.24, 2.45) is 5.92 Å². The number of nitrogens with one attached hydrogen (secondary N) is 1. The van der Waals surface area contributed by atoms with Crippen LogP contribution in [0, 0.1) is 5.92 Å². The van der Waals surface area contributed by atoms with Crippen molar-refractivity contribution >= 4 is 21.6 Å². The van der Waals surface area contributed by atoms with Crippen molar-refractivity contribution < 1.29 is 13.2 Å². The molecule has 2 aromatic rings. The Bertz CT molecular complexity index is 816. The molecule has 0 aliphatic rings. The first-order valence-electron chi connectivity index (χ1n) is 8.18. The second-order valence-electron chi connectivity index (χ2n) is 6.34. The number of rotatable bonds is 6. The van der Waals surface area contributed by atoms with Gasteiger partial charge < -0.3 is 5.32 Å². The highest BCUT2D eigenvalue weighted by Gasteiger charge is 2.21. The van der Waals surface area contributed by atoms with Gasteiger partial charge in [0.1, 0.15) is 0 Å². The minimum Gasteiger partial charge on any atom is -0.349 e. The van der Waals surface area contributed by atoms with E-state index in [1.165, 1.54) is 35.6 Å². The minimum atomic E-state index is -3.67. The first-order chi connectivity index (χ1) is 11.7. The van der Waals surface area contributed by atoms with Crippen LogP contribution in [0.1, 0.15) is 31.1 Å². The number of para-hydroxylation sites is 1. The molecule has 0 heterocycles. The van der Waals surface area contributed by atoms with Gasteiger partial charge in [-0.2, -0.15) is 0 Å². The molecule has 2 rings (SSSR count). The number of hydrogen-bond acceptors (Lipinski definition) is 3. The van der Waals surface area contributed by atoms with Gasteiger partial charge in [-0.25, -0.2) is 8.42 Å². The van der Waals surface area contributed by atoms with E-state index in [0.717, 1.165) is 0 Å². The molecule has 0 saturated heterocycles. The highest BCUT2D eigenvalue weighted by atomic mass is 32.2. The number of sulfonamides is 1. The van der Waals surface area contributed by atoms with E-state index in [2.05, 4.69) is 5.32 Å². The summed E-state index contributed by atoms with van der Waals surface area (Å²) in [5, 5.41) is 2.90. The maximum atomic E-state index is 12.7. The Morgan fingerprint density at radius 1 is 0.960 bits per heavy atom. The Hall–Kier alpha value is -2.34. The minimum absolute atomic E-state index is 0.0418. The van der Waals surface area contributed by atoms with Gasteiger partial charge in [-0.15, -0.1) is 0 Å². The van der Waals surface area contributed by atoms with Crippen molar-refractivity contribution in [3.05, 3.63) is 60.2 Å². The third-order valence-electron chi connectivity index (χ3n) is 4.25. The molecule has 1 amide bonds. The molecule has 134 valence electrons. The smallest absolute Gasteiger partial charge is 0.264 e. The Balaban J connectivity index is 2.20.